The van der Waals surface area contributed by atoms with E-state index < -0.39 is 0 Å². The Morgan fingerprint density at radius 2 is 2.38 bits per heavy atom. The summed E-state index contributed by atoms with van der Waals surface area (Å²) in [6.45, 7) is 0.207. The Morgan fingerprint density at radius 1 is 1.56 bits per heavy atom. The van der Waals surface area contributed by atoms with Crippen LogP contribution in [0.4, 0.5) is 10.1 Å². The number of para-hydroxylation sites is 1. The Bertz CT molecular complexity index is 372. The molecule has 1 heterocycles. The van der Waals surface area contributed by atoms with Crippen molar-refractivity contribution >= 4 is 17.4 Å². The van der Waals surface area contributed by atoms with E-state index in [9.17, 15) is 4.39 Å². The first kappa shape index (κ1) is 11.7. The van der Waals surface area contributed by atoms with Crippen LogP contribution in [0, 0.1) is 5.82 Å². The van der Waals surface area contributed by atoms with Crippen molar-refractivity contribution in [2.24, 2.45) is 0 Å². The average Bonchev–Trinajstić information content (AvgIpc) is 2.28. The molecule has 0 aromatic heterocycles. The van der Waals surface area contributed by atoms with E-state index >= 15 is 0 Å². The molecule has 0 bridgehead atoms. The molecule has 4 heteroatoms. The lowest BCUT2D eigenvalue weighted by molar-refractivity contribution is 0.280. The summed E-state index contributed by atoms with van der Waals surface area (Å²) >= 11 is 1.70. The number of aliphatic hydroxyl groups is 1. The molecule has 16 heavy (non-hydrogen) atoms. The zero-order valence-electron chi connectivity index (χ0n) is 9.32. The number of halogens is 1. The fourth-order valence-corrected chi connectivity index (χ4v) is 3.35. The molecule has 1 aliphatic heterocycles. The van der Waals surface area contributed by atoms with E-state index in [0.717, 1.165) is 23.5 Å². The Labute approximate surface area is 99.5 Å². The zero-order valence-corrected chi connectivity index (χ0v) is 10.1. The minimum absolute atomic E-state index is 0.152. The van der Waals surface area contributed by atoms with Gasteiger partial charge < -0.3 is 10.0 Å². The third-order valence-corrected chi connectivity index (χ3v) is 4.17. The van der Waals surface area contributed by atoms with Crippen molar-refractivity contribution in [3.63, 3.8) is 0 Å². The molecule has 1 N–H and O–H groups in total. The van der Waals surface area contributed by atoms with E-state index in [1.807, 2.05) is 18.0 Å². The van der Waals surface area contributed by atoms with Crippen molar-refractivity contribution in [3.8, 4) is 0 Å². The Morgan fingerprint density at radius 3 is 3.12 bits per heavy atom. The summed E-state index contributed by atoms with van der Waals surface area (Å²) in [5, 5.41) is 8.83. The molecule has 0 aliphatic carbocycles. The highest BCUT2D eigenvalue weighted by Crippen LogP contribution is 2.39. The van der Waals surface area contributed by atoms with Crippen LogP contribution in [0.25, 0.3) is 0 Å². The van der Waals surface area contributed by atoms with Crippen molar-refractivity contribution in [1.82, 2.24) is 0 Å². The smallest absolute Gasteiger partial charge is 0.147 e. The number of hydrogen-bond donors (Lipinski definition) is 1. The highest BCUT2D eigenvalue weighted by Gasteiger charge is 2.25. The van der Waals surface area contributed by atoms with Crippen LogP contribution in [0.3, 0.4) is 0 Å². The van der Waals surface area contributed by atoms with Gasteiger partial charge in [0.25, 0.3) is 0 Å². The van der Waals surface area contributed by atoms with Gasteiger partial charge in [0.1, 0.15) is 5.82 Å². The molecule has 0 spiro atoms. The number of fused-ring (bicyclic) bond motifs is 1. The maximum absolute atomic E-state index is 13.7. The molecule has 0 fully saturated rings. The summed E-state index contributed by atoms with van der Waals surface area (Å²) in [5.41, 5.74) is 0.710. The van der Waals surface area contributed by atoms with Crippen molar-refractivity contribution in [2.75, 3.05) is 24.3 Å². The number of benzene rings is 1. The van der Waals surface area contributed by atoms with Gasteiger partial charge in [-0.15, -0.1) is 11.8 Å². The third-order valence-electron chi connectivity index (χ3n) is 2.98. The van der Waals surface area contributed by atoms with Crippen molar-refractivity contribution < 1.29 is 9.50 Å². The fraction of sp³-hybridized carbons (Fsp3) is 0.500. The van der Waals surface area contributed by atoms with Crippen LogP contribution >= 0.6 is 11.8 Å². The van der Waals surface area contributed by atoms with Gasteiger partial charge in [-0.05, 0) is 25.0 Å². The van der Waals surface area contributed by atoms with Crippen LogP contribution < -0.4 is 4.90 Å². The average molecular weight is 241 g/mol. The second-order valence-electron chi connectivity index (χ2n) is 4.03. The minimum Gasteiger partial charge on any atom is -0.396 e. The molecule has 0 saturated heterocycles. The molecular formula is C12H16FNOS. The predicted molar refractivity (Wildman–Crippen MR) is 65.6 cm³/mol. The lowest BCUT2D eigenvalue weighted by Crippen LogP contribution is -2.37. The highest BCUT2D eigenvalue weighted by molar-refractivity contribution is 7.99. The van der Waals surface area contributed by atoms with E-state index in [1.165, 1.54) is 6.07 Å². The van der Waals surface area contributed by atoms with Gasteiger partial charge in [-0.3, -0.25) is 0 Å². The molecule has 1 aliphatic rings. The number of thioether (sulfide) groups is 1. The van der Waals surface area contributed by atoms with E-state index in [4.69, 9.17) is 5.11 Å². The second kappa shape index (κ2) is 5.06. The van der Waals surface area contributed by atoms with E-state index in [2.05, 4.69) is 0 Å². The largest absolute Gasteiger partial charge is 0.396 e. The van der Waals surface area contributed by atoms with Gasteiger partial charge in [0, 0.05) is 30.3 Å². The quantitative estimate of drug-likeness (QED) is 0.879. The second-order valence-corrected chi connectivity index (χ2v) is 5.09. The third kappa shape index (κ3) is 2.18. The van der Waals surface area contributed by atoms with E-state index in [-0.39, 0.29) is 12.4 Å². The molecule has 0 radical (unpaired) electrons. The van der Waals surface area contributed by atoms with Gasteiger partial charge in [0.05, 0.1) is 5.69 Å². The molecule has 0 saturated carbocycles. The van der Waals surface area contributed by atoms with E-state index in [0.29, 0.717) is 11.7 Å². The van der Waals surface area contributed by atoms with Crippen molar-refractivity contribution in [1.29, 1.82) is 0 Å². The lowest BCUT2D eigenvalue weighted by Gasteiger charge is -2.35. The van der Waals surface area contributed by atoms with Crippen LogP contribution in [-0.2, 0) is 0 Å². The van der Waals surface area contributed by atoms with Crippen molar-refractivity contribution in [2.45, 2.75) is 23.8 Å². The summed E-state index contributed by atoms with van der Waals surface area (Å²) < 4.78 is 13.7. The number of anilines is 1. The summed E-state index contributed by atoms with van der Waals surface area (Å²) in [5.74, 6) is 0.814. The van der Waals surface area contributed by atoms with Crippen molar-refractivity contribution in [3.05, 3.63) is 24.0 Å². The van der Waals surface area contributed by atoms with Crippen LogP contribution in [0.5, 0.6) is 0 Å². The van der Waals surface area contributed by atoms with Crippen LogP contribution in [-0.4, -0.2) is 30.6 Å². The topological polar surface area (TPSA) is 23.5 Å². The standard InChI is InChI=1S/C12H16FNOS/c1-14-9(4-3-7-15)8-16-11-6-2-5-10(13)12(11)14/h2,5-6,9,15H,3-4,7-8H2,1H3. The number of hydrogen-bond acceptors (Lipinski definition) is 3. The van der Waals surface area contributed by atoms with Gasteiger partial charge in [-0.1, -0.05) is 6.07 Å². The number of rotatable bonds is 3. The van der Waals surface area contributed by atoms with Gasteiger partial charge in [0.2, 0.25) is 0 Å². The van der Waals surface area contributed by atoms with Gasteiger partial charge in [-0.2, -0.15) is 0 Å². The van der Waals surface area contributed by atoms with Gasteiger partial charge in [0.15, 0.2) is 0 Å². The molecular weight excluding hydrogens is 225 g/mol. The molecule has 2 rings (SSSR count). The normalized spacial score (nSPS) is 19.7. The summed E-state index contributed by atoms with van der Waals surface area (Å²) in [6.07, 6.45) is 1.69. The zero-order chi connectivity index (χ0) is 11.5. The van der Waals surface area contributed by atoms with Gasteiger partial charge >= 0.3 is 0 Å². The van der Waals surface area contributed by atoms with Crippen LogP contribution in [0.15, 0.2) is 23.1 Å². The molecule has 88 valence electrons. The molecule has 2 nitrogen and oxygen atoms in total. The first-order chi connectivity index (χ1) is 7.74. The Kier molecular flexibility index (Phi) is 3.71. The van der Waals surface area contributed by atoms with Crippen LogP contribution in [0.1, 0.15) is 12.8 Å². The SMILES string of the molecule is CN1c2c(F)cccc2SCC1CCCO. The minimum atomic E-state index is -0.152. The van der Waals surface area contributed by atoms with Crippen LogP contribution in [0.2, 0.25) is 0 Å². The summed E-state index contributed by atoms with van der Waals surface area (Å²) in [4.78, 5) is 3.03. The fourth-order valence-electron chi connectivity index (χ4n) is 2.04. The maximum Gasteiger partial charge on any atom is 0.147 e. The molecule has 1 aromatic carbocycles. The first-order valence-corrected chi connectivity index (χ1v) is 6.47. The molecule has 1 unspecified atom stereocenters. The molecule has 0 amide bonds. The predicted octanol–water partition coefficient (Wildman–Crippen LogP) is 2.51. The van der Waals surface area contributed by atoms with E-state index in [1.54, 1.807) is 17.8 Å². The number of nitrogens with zero attached hydrogens (tertiary/aromatic N) is 1. The maximum atomic E-state index is 13.7. The summed E-state index contributed by atoms with van der Waals surface area (Å²) in [6, 6.07) is 5.54. The van der Waals surface area contributed by atoms with Gasteiger partial charge in [-0.25, -0.2) is 4.39 Å². The lowest BCUT2D eigenvalue weighted by atomic mass is 10.1. The molecule has 1 atom stereocenters. The summed E-state index contributed by atoms with van der Waals surface area (Å²) in [7, 11) is 1.93. The Balaban J connectivity index is 2.20. The Hall–Kier alpha value is -0.740. The number of aliphatic hydroxyl groups excluding tert-OH is 1. The molecule has 1 aromatic rings. The highest BCUT2D eigenvalue weighted by atomic mass is 32.2. The monoisotopic (exact) mass is 241 g/mol. The first-order valence-electron chi connectivity index (χ1n) is 5.49.